The Hall–Kier alpha value is -1.75. The van der Waals surface area contributed by atoms with Crippen molar-refractivity contribution >= 4 is 17.7 Å². The molecular formula is C17H35N7O3. The molecule has 1 aliphatic heterocycles. The SMILES string of the molecule is CNC(=O)CN1CCNCCN(CC(=O)NC)CCN(CC(=O)NC)CC1. The van der Waals surface area contributed by atoms with Gasteiger partial charge in [-0.25, -0.2) is 0 Å². The number of carbonyl (C=O) groups is 3. The van der Waals surface area contributed by atoms with Gasteiger partial charge in [0.05, 0.1) is 19.6 Å². The lowest BCUT2D eigenvalue weighted by Crippen LogP contribution is -2.49. The third-order valence-corrected chi connectivity index (χ3v) is 4.61. The minimum atomic E-state index is -0.0422. The maximum absolute atomic E-state index is 11.8. The second-order valence-corrected chi connectivity index (χ2v) is 6.60. The molecule has 156 valence electrons. The molecule has 4 N–H and O–H groups in total. The topological polar surface area (TPSA) is 109 Å². The summed E-state index contributed by atoms with van der Waals surface area (Å²) in [5.74, 6) is -0.0761. The summed E-state index contributed by atoms with van der Waals surface area (Å²) in [7, 11) is 4.90. The molecule has 1 aliphatic rings. The van der Waals surface area contributed by atoms with Crippen LogP contribution < -0.4 is 21.3 Å². The van der Waals surface area contributed by atoms with Crippen LogP contribution in [0.1, 0.15) is 0 Å². The van der Waals surface area contributed by atoms with Gasteiger partial charge in [0.25, 0.3) is 0 Å². The second kappa shape index (κ2) is 13.4. The van der Waals surface area contributed by atoms with Crippen molar-refractivity contribution in [2.24, 2.45) is 0 Å². The van der Waals surface area contributed by atoms with E-state index in [2.05, 4.69) is 36.0 Å². The number of hydrogen-bond acceptors (Lipinski definition) is 7. The second-order valence-electron chi connectivity index (χ2n) is 6.60. The van der Waals surface area contributed by atoms with Crippen LogP contribution in [0.15, 0.2) is 0 Å². The molecule has 1 saturated heterocycles. The third kappa shape index (κ3) is 10.2. The monoisotopic (exact) mass is 385 g/mol. The van der Waals surface area contributed by atoms with Crippen LogP contribution in [0, 0.1) is 0 Å². The van der Waals surface area contributed by atoms with Crippen LogP contribution in [0.4, 0.5) is 0 Å². The largest absolute Gasteiger partial charge is 0.358 e. The molecule has 0 bridgehead atoms. The van der Waals surface area contributed by atoms with Crippen LogP contribution in [0.25, 0.3) is 0 Å². The molecule has 10 nitrogen and oxygen atoms in total. The van der Waals surface area contributed by atoms with Crippen LogP contribution in [0.5, 0.6) is 0 Å². The molecule has 0 aliphatic carbocycles. The lowest BCUT2D eigenvalue weighted by atomic mass is 10.3. The van der Waals surface area contributed by atoms with Crippen molar-refractivity contribution in [1.82, 2.24) is 36.0 Å². The minimum absolute atomic E-state index is 0.0169. The van der Waals surface area contributed by atoms with Gasteiger partial charge in [-0.15, -0.1) is 0 Å². The Morgan fingerprint density at radius 3 is 1.22 bits per heavy atom. The zero-order chi connectivity index (χ0) is 20.1. The average Bonchev–Trinajstić information content (AvgIpc) is 2.66. The first kappa shape index (κ1) is 23.3. The Kier molecular flexibility index (Phi) is 11.6. The van der Waals surface area contributed by atoms with E-state index in [4.69, 9.17) is 0 Å². The van der Waals surface area contributed by atoms with Crippen molar-refractivity contribution in [3.05, 3.63) is 0 Å². The van der Waals surface area contributed by atoms with Crippen LogP contribution in [-0.4, -0.2) is 126 Å². The molecule has 0 saturated carbocycles. The molecule has 0 atom stereocenters. The lowest BCUT2D eigenvalue weighted by Gasteiger charge is -2.30. The maximum Gasteiger partial charge on any atom is 0.233 e. The number of likely N-dealkylation sites (N-methyl/N-ethyl adjacent to an activating group) is 3. The van der Waals surface area contributed by atoms with Crippen LogP contribution in [0.2, 0.25) is 0 Å². The van der Waals surface area contributed by atoms with E-state index in [0.717, 1.165) is 26.2 Å². The Morgan fingerprint density at radius 2 is 0.926 bits per heavy atom. The van der Waals surface area contributed by atoms with Gasteiger partial charge in [-0.2, -0.15) is 0 Å². The minimum Gasteiger partial charge on any atom is -0.358 e. The first-order valence-corrected chi connectivity index (χ1v) is 9.48. The Morgan fingerprint density at radius 1 is 0.630 bits per heavy atom. The van der Waals surface area contributed by atoms with E-state index >= 15 is 0 Å². The molecule has 0 aromatic carbocycles. The molecule has 3 amide bonds. The van der Waals surface area contributed by atoms with Gasteiger partial charge >= 0.3 is 0 Å². The highest BCUT2D eigenvalue weighted by Crippen LogP contribution is 1.97. The van der Waals surface area contributed by atoms with Gasteiger partial charge < -0.3 is 21.3 Å². The van der Waals surface area contributed by atoms with Crippen molar-refractivity contribution in [3.8, 4) is 0 Å². The molecule has 0 aromatic heterocycles. The highest BCUT2D eigenvalue weighted by molar-refractivity contribution is 5.78. The first-order valence-electron chi connectivity index (χ1n) is 9.48. The molecule has 0 spiro atoms. The fourth-order valence-corrected chi connectivity index (χ4v) is 2.82. The number of nitrogens with one attached hydrogen (secondary N) is 4. The molecule has 27 heavy (non-hydrogen) atoms. The summed E-state index contributed by atoms with van der Waals surface area (Å²) in [4.78, 5) is 41.6. The molecule has 1 heterocycles. The molecule has 0 aromatic rings. The smallest absolute Gasteiger partial charge is 0.233 e. The number of rotatable bonds is 6. The summed E-state index contributed by atoms with van der Waals surface area (Å²) >= 11 is 0. The van der Waals surface area contributed by atoms with Gasteiger partial charge in [0.15, 0.2) is 0 Å². The van der Waals surface area contributed by atoms with E-state index in [1.54, 1.807) is 21.1 Å². The van der Waals surface area contributed by atoms with E-state index in [-0.39, 0.29) is 17.7 Å². The van der Waals surface area contributed by atoms with Crippen molar-refractivity contribution < 1.29 is 14.4 Å². The first-order chi connectivity index (χ1) is 13.0. The fraction of sp³-hybridized carbons (Fsp3) is 0.824. The highest BCUT2D eigenvalue weighted by Gasteiger charge is 2.17. The summed E-state index contributed by atoms with van der Waals surface area (Å²) in [6.07, 6.45) is 0. The Balaban J connectivity index is 2.73. The number of hydrogen-bond donors (Lipinski definition) is 4. The summed E-state index contributed by atoms with van der Waals surface area (Å²) in [5.41, 5.74) is 0. The summed E-state index contributed by atoms with van der Waals surface area (Å²) in [6.45, 7) is 6.76. The third-order valence-electron chi connectivity index (χ3n) is 4.61. The predicted molar refractivity (Wildman–Crippen MR) is 104 cm³/mol. The van der Waals surface area contributed by atoms with Crippen LogP contribution in [0.3, 0.4) is 0 Å². The normalized spacial score (nSPS) is 18.8. The van der Waals surface area contributed by atoms with Crippen molar-refractivity contribution in [2.75, 3.05) is 93.1 Å². The van der Waals surface area contributed by atoms with E-state index in [9.17, 15) is 14.4 Å². The van der Waals surface area contributed by atoms with E-state index in [1.165, 1.54) is 0 Å². The highest BCUT2D eigenvalue weighted by atomic mass is 16.2. The number of nitrogens with zero attached hydrogens (tertiary/aromatic N) is 3. The summed E-state index contributed by atoms with van der Waals surface area (Å²) in [5, 5.41) is 11.3. The lowest BCUT2D eigenvalue weighted by molar-refractivity contribution is -0.123. The standard InChI is InChI=1S/C17H35N7O3/c1-18-15(25)12-22-6-4-21-5-7-23(13-16(26)19-2)9-11-24(10-8-22)14-17(27)20-3/h21H,4-14H2,1-3H3,(H,18,25)(H,19,26)(H,20,27). The van der Waals surface area contributed by atoms with Gasteiger partial charge in [-0.3, -0.25) is 29.1 Å². The summed E-state index contributed by atoms with van der Waals surface area (Å²) in [6, 6.07) is 0. The van der Waals surface area contributed by atoms with Crippen LogP contribution in [-0.2, 0) is 14.4 Å². The van der Waals surface area contributed by atoms with Crippen LogP contribution >= 0.6 is 0 Å². The van der Waals surface area contributed by atoms with Gasteiger partial charge in [-0.1, -0.05) is 0 Å². The van der Waals surface area contributed by atoms with E-state index in [0.29, 0.717) is 45.8 Å². The Bertz CT molecular complexity index is 443. The van der Waals surface area contributed by atoms with Gasteiger partial charge in [0.1, 0.15) is 0 Å². The van der Waals surface area contributed by atoms with E-state index in [1.807, 2.05) is 0 Å². The quantitative estimate of drug-likeness (QED) is 0.380. The van der Waals surface area contributed by atoms with Crippen molar-refractivity contribution in [2.45, 2.75) is 0 Å². The van der Waals surface area contributed by atoms with Crippen molar-refractivity contribution in [3.63, 3.8) is 0 Å². The molecule has 0 radical (unpaired) electrons. The molecule has 1 fully saturated rings. The number of amides is 3. The fourth-order valence-electron chi connectivity index (χ4n) is 2.82. The number of carbonyl (C=O) groups excluding carboxylic acids is 3. The molecule has 10 heteroatoms. The predicted octanol–water partition coefficient (Wildman–Crippen LogP) is -3.27. The molecular weight excluding hydrogens is 350 g/mol. The van der Waals surface area contributed by atoms with Gasteiger partial charge in [-0.05, 0) is 0 Å². The average molecular weight is 386 g/mol. The molecule has 1 rings (SSSR count). The van der Waals surface area contributed by atoms with Gasteiger partial charge in [0.2, 0.25) is 17.7 Å². The van der Waals surface area contributed by atoms with Crippen molar-refractivity contribution in [1.29, 1.82) is 0 Å². The van der Waals surface area contributed by atoms with E-state index < -0.39 is 0 Å². The Labute approximate surface area is 162 Å². The maximum atomic E-state index is 11.8. The van der Waals surface area contributed by atoms with Gasteiger partial charge in [0, 0.05) is 73.5 Å². The summed E-state index contributed by atoms with van der Waals surface area (Å²) < 4.78 is 0. The molecule has 0 unspecified atom stereocenters. The zero-order valence-corrected chi connectivity index (χ0v) is 16.8. The zero-order valence-electron chi connectivity index (χ0n) is 16.8.